The van der Waals surface area contributed by atoms with Gasteiger partial charge < -0.3 is 15.0 Å². The molecule has 0 heterocycles. The molecule has 0 atom stereocenters. The zero-order chi connectivity index (χ0) is 17.7. The third-order valence-corrected chi connectivity index (χ3v) is 4.28. The smallest absolute Gasteiger partial charge is 0.321 e. The van der Waals surface area contributed by atoms with Crippen LogP contribution in [0.1, 0.15) is 5.56 Å². The van der Waals surface area contributed by atoms with Crippen molar-refractivity contribution < 1.29 is 17.9 Å². The fourth-order valence-corrected chi connectivity index (χ4v) is 2.81. The number of nitrogens with zero attached hydrogens (tertiary/aromatic N) is 1. The first-order valence-corrected chi connectivity index (χ1v) is 8.63. The molecule has 0 aliphatic rings. The fourth-order valence-electron chi connectivity index (χ4n) is 2.13. The maximum absolute atomic E-state index is 12.2. The Labute approximate surface area is 141 Å². The Balaban J connectivity index is 2.11. The van der Waals surface area contributed by atoms with Crippen LogP contribution in [-0.2, 0) is 16.6 Å². The Hall–Kier alpha value is -2.58. The van der Waals surface area contributed by atoms with Crippen molar-refractivity contribution in [2.45, 2.75) is 11.4 Å². The molecule has 24 heavy (non-hydrogen) atoms. The molecule has 0 aromatic heterocycles. The Kier molecular flexibility index (Phi) is 5.42. The second kappa shape index (κ2) is 7.33. The van der Waals surface area contributed by atoms with Crippen molar-refractivity contribution in [1.82, 2.24) is 4.90 Å². The van der Waals surface area contributed by atoms with Gasteiger partial charge in [-0.25, -0.2) is 18.4 Å². The van der Waals surface area contributed by atoms with Gasteiger partial charge in [-0.3, -0.25) is 0 Å². The van der Waals surface area contributed by atoms with Crippen molar-refractivity contribution in [3.8, 4) is 5.75 Å². The predicted molar refractivity (Wildman–Crippen MR) is 91.3 cm³/mol. The lowest BCUT2D eigenvalue weighted by Crippen LogP contribution is -2.30. The van der Waals surface area contributed by atoms with Gasteiger partial charge in [-0.1, -0.05) is 30.3 Å². The van der Waals surface area contributed by atoms with Gasteiger partial charge in [-0.2, -0.15) is 0 Å². The molecular weight excluding hydrogens is 330 g/mol. The molecular formula is C16H19N3O4S. The molecule has 0 aliphatic carbocycles. The average molecular weight is 349 g/mol. The number of anilines is 1. The van der Waals surface area contributed by atoms with E-state index in [0.717, 1.165) is 5.56 Å². The van der Waals surface area contributed by atoms with Gasteiger partial charge >= 0.3 is 6.03 Å². The minimum Gasteiger partial charge on any atom is -0.495 e. The Morgan fingerprint density at radius 2 is 1.88 bits per heavy atom. The van der Waals surface area contributed by atoms with E-state index in [2.05, 4.69) is 5.32 Å². The summed E-state index contributed by atoms with van der Waals surface area (Å²) in [6.45, 7) is 0.444. The number of hydrogen-bond acceptors (Lipinski definition) is 4. The molecule has 2 aromatic carbocycles. The molecule has 0 spiro atoms. The highest BCUT2D eigenvalue weighted by atomic mass is 32.2. The lowest BCUT2D eigenvalue weighted by molar-refractivity contribution is 0.220. The Bertz CT molecular complexity index is 822. The molecule has 128 valence electrons. The van der Waals surface area contributed by atoms with Gasteiger partial charge in [0, 0.05) is 25.3 Å². The van der Waals surface area contributed by atoms with Crippen molar-refractivity contribution in [3.05, 3.63) is 54.1 Å². The number of sulfonamides is 1. The summed E-state index contributed by atoms with van der Waals surface area (Å²) in [5.41, 5.74) is 1.40. The number of primary sulfonamides is 1. The number of hydrogen-bond donors (Lipinski definition) is 2. The number of benzene rings is 2. The summed E-state index contributed by atoms with van der Waals surface area (Å²) in [7, 11) is -0.900. The summed E-state index contributed by atoms with van der Waals surface area (Å²) in [5.74, 6) is 0.0704. The van der Waals surface area contributed by atoms with Crippen molar-refractivity contribution in [2.24, 2.45) is 5.14 Å². The van der Waals surface area contributed by atoms with E-state index in [9.17, 15) is 13.2 Å². The molecule has 0 radical (unpaired) electrons. The van der Waals surface area contributed by atoms with Crippen LogP contribution in [0.5, 0.6) is 5.75 Å². The van der Waals surface area contributed by atoms with E-state index >= 15 is 0 Å². The van der Waals surface area contributed by atoms with E-state index in [4.69, 9.17) is 9.88 Å². The first-order valence-electron chi connectivity index (χ1n) is 7.08. The number of ether oxygens (including phenoxy) is 1. The topological polar surface area (TPSA) is 102 Å². The van der Waals surface area contributed by atoms with Gasteiger partial charge in [-0.05, 0) is 17.7 Å². The van der Waals surface area contributed by atoms with E-state index in [1.54, 1.807) is 7.05 Å². The quantitative estimate of drug-likeness (QED) is 0.862. The van der Waals surface area contributed by atoms with Gasteiger partial charge in [0.1, 0.15) is 10.6 Å². The monoisotopic (exact) mass is 349 g/mol. The van der Waals surface area contributed by atoms with Crippen molar-refractivity contribution >= 4 is 21.7 Å². The van der Waals surface area contributed by atoms with E-state index in [-0.39, 0.29) is 16.7 Å². The molecule has 0 saturated carbocycles. The van der Waals surface area contributed by atoms with Gasteiger partial charge in [-0.15, -0.1) is 0 Å². The van der Waals surface area contributed by atoms with E-state index < -0.39 is 10.0 Å². The summed E-state index contributed by atoms with van der Waals surface area (Å²) in [6.07, 6.45) is 0. The highest BCUT2D eigenvalue weighted by Gasteiger charge is 2.16. The maximum atomic E-state index is 12.2. The predicted octanol–water partition coefficient (Wildman–Crippen LogP) is 2.01. The summed E-state index contributed by atoms with van der Waals surface area (Å²) in [4.78, 5) is 13.6. The standard InChI is InChI=1S/C16H19N3O4S/c1-19(11-12-6-4-3-5-7-12)16(20)18-13-8-9-15(24(17,21)22)14(10-13)23-2/h3-10H,11H2,1-2H3,(H,18,20)(H2,17,21,22). The number of methoxy groups -OCH3 is 1. The average Bonchev–Trinajstić information content (AvgIpc) is 2.54. The number of nitrogens with two attached hydrogens (primary N) is 1. The molecule has 0 fully saturated rings. The number of carbonyl (C=O) groups excluding carboxylic acids is 1. The van der Waals surface area contributed by atoms with Crippen LogP contribution in [0.4, 0.5) is 10.5 Å². The zero-order valence-electron chi connectivity index (χ0n) is 13.4. The Morgan fingerprint density at radius 3 is 2.46 bits per heavy atom. The Morgan fingerprint density at radius 1 is 1.21 bits per heavy atom. The highest BCUT2D eigenvalue weighted by Crippen LogP contribution is 2.26. The minimum atomic E-state index is -3.90. The first kappa shape index (κ1) is 17.8. The van der Waals surface area contributed by atoms with Gasteiger partial charge in [0.25, 0.3) is 0 Å². The van der Waals surface area contributed by atoms with Crippen LogP contribution in [0.15, 0.2) is 53.4 Å². The number of amides is 2. The second-order valence-corrected chi connectivity index (χ2v) is 6.71. The van der Waals surface area contributed by atoms with Crippen LogP contribution in [-0.4, -0.2) is 33.5 Å². The van der Waals surface area contributed by atoms with Crippen LogP contribution < -0.4 is 15.2 Å². The van der Waals surface area contributed by atoms with Gasteiger partial charge in [0.2, 0.25) is 10.0 Å². The van der Waals surface area contributed by atoms with Gasteiger partial charge in [0.15, 0.2) is 0 Å². The summed E-state index contributed by atoms with van der Waals surface area (Å²) < 4.78 is 27.9. The summed E-state index contributed by atoms with van der Waals surface area (Å²) >= 11 is 0. The fraction of sp³-hybridized carbons (Fsp3) is 0.188. The van der Waals surface area contributed by atoms with Crippen molar-refractivity contribution in [3.63, 3.8) is 0 Å². The molecule has 0 saturated heterocycles. The summed E-state index contributed by atoms with van der Waals surface area (Å²) in [6, 6.07) is 13.4. The highest BCUT2D eigenvalue weighted by molar-refractivity contribution is 7.89. The summed E-state index contributed by atoms with van der Waals surface area (Å²) in [5, 5.41) is 7.80. The van der Waals surface area contributed by atoms with Crippen molar-refractivity contribution in [1.29, 1.82) is 0 Å². The lowest BCUT2D eigenvalue weighted by Gasteiger charge is -2.18. The zero-order valence-corrected chi connectivity index (χ0v) is 14.2. The van der Waals surface area contributed by atoms with E-state index in [1.165, 1.54) is 30.2 Å². The molecule has 3 N–H and O–H groups in total. The van der Waals surface area contributed by atoms with E-state index in [0.29, 0.717) is 12.2 Å². The maximum Gasteiger partial charge on any atom is 0.321 e. The van der Waals surface area contributed by atoms with Crippen LogP contribution in [0.3, 0.4) is 0 Å². The molecule has 0 bridgehead atoms. The lowest BCUT2D eigenvalue weighted by atomic mass is 10.2. The molecule has 2 rings (SSSR count). The minimum absolute atomic E-state index is 0.0704. The number of urea groups is 1. The van der Waals surface area contributed by atoms with Crippen LogP contribution in [0, 0.1) is 0 Å². The third kappa shape index (κ3) is 4.46. The number of rotatable bonds is 5. The second-order valence-electron chi connectivity index (χ2n) is 5.18. The van der Waals surface area contributed by atoms with Crippen LogP contribution in [0.25, 0.3) is 0 Å². The third-order valence-electron chi connectivity index (χ3n) is 3.33. The number of nitrogens with one attached hydrogen (secondary N) is 1. The first-order chi connectivity index (χ1) is 11.3. The molecule has 0 aliphatic heterocycles. The molecule has 2 aromatic rings. The molecule has 2 amide bonds. The largest absolute Gasteiger partial charge is 0.495 e. The molecule has 0 unspecified atom stereocenters. The van der Waals surface area contributed by atoms with Crippen molar-refractivity contribution in [2.75, 3.05) is 19.5 Å². The SMILES string of the molecule is COc1cc(NC(=O)N(C)Cc2ccccc2)ccc1S(N)(=O)=O. The number of carbonyl (C=O) groups is 1. The molecule has 7 nitrogen and oxygen atoms in total. The van der Waals surface area contributed by atoms with E-state index in [1.807, 2.05) is 30.3 Å². The van der Waals surface area contributed by atoms with Crippen LogP contribution in [0.2, 0.25) is 0 Å². The van der Waals surface area contributed by atoms with Crippen LogP contribution >= 0.6 is 0 Å². The molecule has 8 heteroatoms. The normalized spacial score (nSPS) is 11.0. The van der Waals surface area contributed by atoms with Gasteiger partial charge in [0.05, 0.1) is 7.11 Å².